The lowest BCUT2D eigenvalue weighted by molar-refractivity contribution is -0.117. The number of benzene rings is 1. The number of hydrogen-bond acceptors (Lipinski definition) is 5. The number of allylic oxidation sites excluding steroid dienone is 1. The van der Waals surface area contributed by atoms with Crippen LogP contribution in [0.15, 0.2) is 23.2 Å². The van der Waals surface area contributed by atoms with Crippen LogP contribution in [-0.2, 0) is 9.59 Å². The minimum atomic E-state index is -1.75. The van der Waals surface area contributed by atoms with Gasteiger partial charge in [-0.05, 0) is 17.9 Å². The van der Waals surface area contributed by atoms with Gasteiger partial charge in [-0.1, -0.05) is 0 Å². The molecule has 0 N–H and O–H groups in total. The van der Waals surface area contributed by atoms with Crippen molar-refractivity contribution in [3.8, 4) is 0 Å². The summed E-state index contributed by atoms with van der Waals surface area (Å²) in [5.41, 5.74) is 1.48. The molecule has 0 atom stereocenters. The molecule has 0 aromatic heterocycles. The van der Waals surface area contributed by atoms with Gasteiger partial charge in [0.1, 0.15) is 19.2 Å². The van der Waals surface area contributed by atoms with Crippen molar-refractivity contribution in [2.45, 2.75) is 6.92 Å². The summed E-state index contributed by atoms with van der Waals surface area (Å²) < 4.78 is 50.2. The van der Waals surface area contributed by atoms with E-state index in [2.05, 4.69) is 0 Å². The quantitative estimate of drug-likeness (QED) is 0.176. The van der Waals surface area contributed by atoms with Gasteiger partial charge in [-0.25, -0.2) is 17.6 Å². The Labute approximate surface area is 165 Å². The van der Waals surface area contributed by atoms with E-state index in [1.807, 2.05) is 14.7 Å². The van der Waals surface area contributed by atoms with Crippen molar-refractivity contribution < 1.29 is 27.2 Å². The van der Waals surface area contributed by atoms with Gasteiger partial charge in [0.15, 0.2) is 23.3 Å². The van der Waals surface area contributed by atoms with Crippen LogP contribution in [0.4, 0.5) is 17.6 Å². The Bertz CT molecular complexity index is 891. The normalized spacial score (nSPS) is 19.9. The van der Waals surface area contributed by atoms with Crippen LogP contribution in [0.3, 0.4) is 0 Å². The maximum absolute atomic E-state index is 12.7. The largest absolute Gasteiger partial charge is 0.365 e. The summed E-state index contributed by atoms with van der Waals surface area (Å²) in [4.78, 5) is 30.5. The molecule has 10 heteroatoms. The van der Waals surface area contributed by atoms with E-state index in [9.17, 15) is 27.2 Å². The first-order valence-electron chi connectivity index (χ1n) is 9.31. The molecular formula is C19H18BF4N3O2. The van der Waals surface area contributed by atoms with Crippen molar-refractivity contribution in [2.24, 2.45) is 0 Å². The van der Waals surface area contributed by atoms with E-state index in [0.717, 1.165) is 39.3 Å². The molecule has 1 aliphatic carbocycles. The van der Waals surface area contributed by atoms with Crippen LogP contribution in [0, 0.1) is 30.2 Å². The lowest BCUT2D eigenvalue weighted by atomic mass is 9.90. The lowest BCUT2D eigenvalue weighted by Crippen LogP contribution is -2.29. The minimum absolute atomic E-state index is 0.00546. The third kappa shape index (κ3) is 3.51. The average Bonchev–Trinajstić information content (AvgIpc) is 3.56. The SMILES string of the molecule is Bc1c(C)c(F)c(F)c(F)c1F.O=C1C=C(N2CC2)C(=O)C(N2CC2)=C1N1CC1. The Kier molecular flexibility index (Phi) is 4.67. The number of ketones is 2. The van der Waals surface area contributed by atoms with Gasteiger partial charge in [0, 0.05) is 45.3 Å². The molecule has 0 saturated carbocycles. The van der Waals surface area contributed by atoms with Crippen molar-refractivity contribution in [2.75, 3.05) is 39.3 Å². The van der Waals surface area contributed by atoms with E-state index in [-0.39, 0.29) is 22.6 Å². The first-order valence-corrected chi connectivity index (χ1v) is 9.31. The maximum Gasteiger partial charge on any atom is 0.227 e. The number of rotatable bonds is 3. The molecule has 4 aliphatic rings. The molecule has 5 rings (SSSR count). The summed E-state index contributed by atoms with van der Waals surface area (Å²) >= 11 is 0. The maximum atomic E-state index is 12.7. The molecular weight excluding hydrogens is 389 g/mol. The van der Waals surface area contributed by atoms with Crippen LogP contribution in [-0.4, -0.2) is 73.4 Å². The number of nitrogens with zero attached hydrogens (tertiary/aromatic N) is 3. The van der Waals surface area contributed by atoms with Crippen molar-refractivity contribution >= 4 is 24.9 Å². The van der Waals surface area contributed by atoms with Gasteiger partial charge in [-0.2, -0.15) is 0 Å². The van der Waals surface area contributed by atoms with Crippen LogP contribution in [0.1, 0.15) is 5.56 Å². The second kappa shape index (κ2) is 6.93. The molecule has 3 heterocycles. The van der Waals surface area contributed by atoms with Gasteiger partial charge in [-0.3, -0.25) is 9.59 Å². The van der Waals surface area contributed by atoms with Crippen molar-refractivity contribution in [1.82, 2.24) is 14.7 Å². The third-order valence-corrected chi connectivity index (χ3v) is 5.29. The van der Waals surface area contributed by atoms with Gasteiger partial charge in [0.25, 0.3) is 0 Å². The Morgan fingerprint density at radius 1 is 0.759 bits per heavy atom. The Morgan fingerprint density at radius 2 is 1.24 bits per heavy atom. The number of carbonyl (C=O) groups is 2. The zero-order valence-electron chi connectivity index (χ0n) is 16.0. The summed E-state index contributed by atoms with van der Waals surface area (Å²) in [6.45, 7) is 6.60. The van der Waals surface area contributed by atoms with Gasteiger partial charge < -0.3 is 14.7 Å². The van der Waals surface area contributed by atoms with E-state index < -0.39 is 23.3 Å². The average molecular weight is 407 g/mol. The highest BCUT2D eigenvalue weighted by Gasteiger charge is 2.43. The second-order valence-corrected chi connectivity index (χ2v) is 7.39. The van der Waals surface area contributed by atoms with E-state index in [1.54, 1.807) is 0 Å². The summed E-state index contributed by atoms with van der Waals surface area (Å²) in [7, 11) is 1.19. The second-order valence-electron chi connectivity index (χ2n) is 7.39. The number of Topliss-reactive ketones (excluding diaryl/α,β-unsaturated/α-hetero) is 1. The molecule has 1 aromatic rings. The first-order chi connectivity index (χ1) is 13.7. The third-order valence-electron chi connectivity index (χ3n) is 5.29. The zero-order chi connectivity index (χ0) is 21.0. The summed E-state index contributed by atoms with van der Waals surface area (Å²) in [5.74, 6) is -6.11. The molecule has 0 spiro atoms. The van der Waals surface area contributed by atoms with Gasteiger partial charge in [-0.15, -0.1) is 0 Å². The minimum Gasteiger partial charge on any atom is -0.365 e. The van der Waals surface area contributed by atoms with E-state index in [4.69, 9.17) is 0 Å². The molecule has 0 radical (unpaired) electrons. The highest BCUT2D eigenvalue weighted by atomic mass is 19.2. The van der Waals surface area contributed by atoms with Crippen LogP contribution < -0.4 is 5.46 Å². The van der Waals surface area contributed by atoms with Crippen LogP contribution >= 0.6 is 0 Å². The van der Waals surface area contributed by atoms with Crippen LogP contribution in [0.5, 0.6) is 0 Å². The standard InChI is InChI=1S/C12H13N3O2.C7H5BF4/c16-9-7-8(13-1-2-13)12(17)11(15-5-6-15)10(9)14-3-4-14;1-2-3(8)5(10)7(12)6(11)4(2)9/h7H,1-6H2;8H2,1H3. The summed E-state index contributed by atoms with van der Waals surface area (Å²) in [6.07, 6.45) is 1.52. The Hall–Kier alpha value is -2.78. The smallest absolute Gasteiger partial charge is 0.227 e. The molecule has 0 bridgehead atoms. The molecule has 0 amide bonds. The fraction of sp³-hybridized carbons (Fsp3) is 0.368. The molecule has 3 saturated heterocycles. The number of halogens is 4. The van der Waals surface area contributed by atoms with E-state index in [1.165, 1.54) is 20.8 Å². The monoisotopic (exact) mass is 407 g/mol. The summed E-state index contributed by atoms with van der Waals surface area (Å²) in [6, 6.07) is 0. The molecule has 3 aliphatic heterocycles. The van der Waals surface area contributed by atoms with Gasteiger partial charge in [0.2, 0.25) is 11.6 Å². The molecule has 152 valence electrons. The van der Waals surface area contributed by atoms with Crippen molar-refractivity contribution in [3.05, 3.63) is 52.0 Å². The topological polar surface area (TPSA) is 43.2 Å². The predicted molar refractivity (Wildman–Crippen MR) is 99.0 cm³/mol. The highest BCUT2D eigenvalue weighted by molar-refractivity contribution is 6.33. The highest BCUT2D eigenvalue weighted by Crippen LogP contribution is 2.33. The molecule has 0 unspecified atom stereocenters. The molecule has 5 nitrogen and oxygen atoms in total. The number of hydrogen-bond donors (Lipinski definition) is 0. The zero-order valence-corrected chi connectivity index (χ0v) is 16.0. The Morgan fingerprint density at radius 3 is 1.76 bits per heavy atom. The van der Waals surface area contributed by atoms with Crippen molar-refractivity contribution in [3.63, 3.8) is 0 Å². The van der Waals surface area contributed by atoms with Gasteiger partial charge in [0.05, 0.1) is 5.70 Å². The molecule has 1 aromatic carbocycles. The van der Waals surface area contributed by atoms with Crippen molar-refractivity contribution in [1.29, 1.82) is 0 Å². The molecule has 3 fully saturated rings. The number of carbonyl (C=O) groups excluding carboxylic acids is 2. The molecule has 29 heavy (non-hydrogen) atoms. The van der Waals surface area contributed by atoms with Gasteiger partial charge >= 0.3 is 0 Å². The fourth-order valence-electron chi connectivity index (χ4n) is 3.13. The Balaban J connectivity index is 0.000000152. The van der Waals surface area contributed by atoms with Crippen LogP contribution in [0.25, 0.3) is 0 Å². The lowest BCUT2D eigenvalue weighted by Gasteiger charge is -2.21. The fourth-order valence-corrected chi connectivity index (χ4v) is 3.13. The summed E-state index contributed by atoms with van der Waals surface area (Å²) in [5, 5.41) is 0. The predicted octanol–water partition coefficient (Wildman–Crippen LogP) is -0.00968. The van der Waals surface area contributed by atoms with E-state index >= 15 is 0 Å². The van der Waals surface area contributed by atoms with Crippen LogP contribution in [0.2, 0.25) is 0 Å². The first kappa shape index (κ1) is 19.5. The van der Waals surface area contributed by atoms with E-state index in [0.29, 0.717) is 17.1 Å².